The quantitative estimate of drug-likeness (QED) is 0.898. The highest BCUT2D eigenvalue weighted by molar-refractivity contribution is 6.31. The van der Waals surface area contributed by atoms with Gasteiger partial charge in [0.15, 0.2) is 0 Å². The molecule has 0 aliphatic carbocycles. The molecule has 1 saturated heterocycles. The van der Waals surface area contributed by atoms with E-state index in [1.807, 2.05) is 36.4 Å². The van der Waals surface area contributed by atoms with Gasteiger partial charge in [-0.05, 0) is 43.0 Å². The van der Waals surface area contributed by atoms with E-state index in [4.69, 9.17) is 11.6 Å². The number of aliphatic hydroxyl groups is 1. The summed E-state index contributed by atoms with van der Waals surface area (Å²) < 4.78 is 0. The molecule has 1 fully saturated rings. The Bertz CT molecular complexity index is 601. The van der Waals surface area contributed by atoms with Gasteiger partial charge in [0, 0.05) is 17.6 Å². The first-order chi connectivity index (χ1) is 10.7. The van der Waals surface area contributed by atoms with E-state index in [0.29, 0.717) is 19.0 Å². The van der Waals surface area contributed by atoms with Gasteiger partial charge >= 0.3 is 0 Å². The second-order valence-corrected chi connectivity index (χ2v) is 6.43. The number of aliphatic hydroxyl groups excluding tert-OH is 1. The van der Waals surface area contributed by atoms with Crippen LogP contribution in [0.15, 0.2) is 54.6 Å². The van der Waals surface area contributed by atoms with Crippen molar-refractivity contribution in [3.8, 4) is 0 Å². The normalized spacial score (nSPS) is 20.2. The fraction of sp³-hybridized carbons (Fsp3) is 0.368. The Morgan fingerprint density at radius 1 is 1.09 bits per heavy atom. The van der Waals surface area contributed by atoms with Gasteiger partial charge < -0.3 is 5.11 Å². The summed E-state index contributed by atoms with van der Waals surface area (Å²) in [7, 11) is 0. The lowest BCUT2D eigenvalue weighted by Crippen LogP contribution is -2.33. The van der Waals surface area contributed by atoms with Gasteiger partial charge in [-0.3, -0.25) is 4.90 Å². The first-order valence-electron chi connectivity index (χ1n) is 7.94. The smallest absolute Gasteiger partial charge is 0.0707 e. The summed E-state index contributed by atoms with van der Waals surface area (Å²) in [6.45, 7) is 1.73. The molecule has 0 spiro atoms. The van der Waals surface area contributed by atoms with Crippen molar-refractivity contribution < 1.29 is 5.11 Å². The van der Waals surface area contributed by atoms with Crippen LogP contribution in [0, 0.1) is 0 Å². The summed E-state index contributed by atoms with van der Waals surface area (Å²) in [5.74, 6) is 0. The van der Waals surface area contributed by atoms with Gasteiger partial charge in [0.25, 0.3) is 0 Å². The van der Waals surface area contributed by atoms with Gasteiger partial charge in [0.05, 0.1) is 6.10 Å². The Morgan fingerprint density at radius 3 is 2.59 bits per heavy atom. The highest BCUT2D eigenvalue weighted by Gasteiger charge is 2.28. The molecule has 3 heteroatoms. The first-order valence-corrected chi connectivity index (χ1v) is 8.32. The maximum Gasteiger partial charge on any atom is 0.0707 e. The number of β-amino-alcohol motifs (C(OH)–C–C–N with tert-alkyl or cyclic N) is 1. The van der Waals surface area contributed by atoms with Crippen LogP contribution in [0.4, 0.5) is 0 Å². The van der Waals surface area contributed by atoms with Crippen LogP contribution in [0.5, 0.6) is 0 Å². The van der Waals surface area contributed by atoms with E-state index in [1.165, 1.54) is 11.1 Å². The molecule has 1 aliphatic rings. The molecule has 116 valence electrons. The van der Waals surface area contributed by atoms with E-state index in [2.05, 4.69) is 23.1 Å². The highest BCUT2D eigenvalue weighted by atomic mass is 35.5. The van der Waals surface area contributed by atoms with Crippen molar-refractivity contribution in [2.75, 3.05) is 13.1 Å². The fourth-order valence-corrected chi connectivity index (χ4v) is 3.63. The Kier molecular flexibility index (Phi) is 5.14. The topological polar surface area (TPSA) is 23.5 Å². The minimum absolute atomic E-state index is 0.333. The molecule has 3 rings (SSSR count). The average Bonchev–Trinajstić information content (AvgIpc) is 2.96. The zero-order valence-corrected chi connectivity index (χ0v) is 13.4. The molecule has 22 heavy (non-hydrogen) atoms. The lowest BCUT2D eigenvalue weighted by atomic mass is 10.0. The van der Waals surface area contributed by atoms with Crippen molar-refractivity contribution in [1.29, 1.82) is 0 Å². The van der Waals surface area contributed by atoms with E-state index >= 15 is 0 Å². The number of halogens is 1. The van der Waals surface area contributed by atoms with Crippen molar-refractivity contribution in [2.24, 2.45) is 0 Å². The average molecular weight is 316 g/mol. The van der Waals surface area contributed by atoms with Crippen molar-refractivity contribution in [2.45, 2.75) is 31.4 Å². The second kappa shape index (κ2) is 7.28. The van der Waals surface area contributed by atoms with Gasteiger partial charge in [-0.1, -0.05) is 60.1 Å². The molecule has 2 nitrogen and oxygen atoms in total. The van der Waals surface area contributed by atoms with Crippen molar-refractivity contribution in [3.05, 3.63) is 70.7 Å². The molecule has 2 aromatic rings. The maximum atomic E-state index is 10.4. The molecule has 2 unspecified atom stereocenters. The van der Waals surface area contributed by atoms with Crippen LogP contribution in [0.3, 0.4) is 0 Å². The minimum atomic E-state index is -0.342. The van der Waals surface area contributed by atoms with Gasteiger partial charge in [-0.15, -0.1) is 0 Å². The van der Waals surface area contributed by atoms with E-state index in [0.717, 1.165) is 24.4 Å². The van der Waals surface area contributed by atoms with E-state index in [1.54, 1.807) is 0 Å². The Labute approximate surface area is 137 Å². The zero-order valence-electron chi connectivity index (χ0n) is 12.7. The standard InChI is InChI=1S/C19H22ClNO/c20-18-10-5-4-9-17(18)19-11-6-12-21(19)14-16(22)13-15-7-2-1-3-8-15/h1-5,7-10,16,19,22H,6,11-14H2. The predicted molar refractivity (Wildman–Crippen MR) is 91.2 cm³/mol. The minimum Gasteiger partial charge on any atom is -0.391 e. The maximum absolute atomic E-state index is 10.4. The molecule has 0 radical (unpaired) electrons. The number of benzene rings is 2. The van der Waals surface area contributed by atoms with Crippen LogP contribution in [0.1, 0.15) is 30.0 Å². The molecule has 2 atom stereocenters. The SMILES string of the molecule is OC(Cc1ccccc1)CN1CCCC1c1ccccc1Cl. The van der Waals surface area contributed by atoms with Crippen LogP contribution >= 0.6 is 11.6 Å². The molecule has 1 aliphatic heterocycles. The fourth-order valence-electron chi connectivity index (χ4n) is 3.36. The monoisotopic (exact) mass is 315 g/mol. The number of nitrogens with zero attached hydrogens (tertiary/aromatic N) is 1. The van der Waals surface area contributed by atoms with Crippen molar-refractivity contribution >= 4 is 11.6 Å². The number of hydrogen-bond acceptors (Lipinski definition) is 2. The summed E-state index contributed by atoms with van der Waals surface area (Å²) in [5.41, 5.74) is 2.37. The Morgan fingerprint density at radius 2 is 1.82 bits per heavy atom. The molecular formula is C19H22ClNO. The summed E-state index contributed by atoms with van der Waals surface area (Å²) in [4.78, 5) is 2.37. The third-order valence-corrected chi connectivity index (χ3v) is 4.73. The second-order valence-electron chi connectivity index (χ2n) is 6.02. The van der Waals surface area contributed by atoms with Crippen LogP contribution in [-0.4, -0.2) is 29.2 Å². The van der Waals surface area contributed by atoms with Gasteiger partial charge in [-0.2, -0.15) is 0 Å². The Hall–Kier alpha value is -1.35. The molecule has 1 N–H and O–H groups in total. The Balaban J connectivity index is 1.65. The number of hydrogen-bond donors (Lipinski definition) is 1. The lowest BCUT2D eigenvalue weighted by Gasteiger charge is -2.27. The largest absolute Gasteiger partial charge is 0.391 e. The molecule has 0 bridgehead atoms. The molecule has 2 aromatic carbocycles. The predicted octanol–water partition coefficient (Wildman–Crippen LogP) is 4.08. The number of likely N-dealkylation sites (tertiary alicyclic amines) is 1. The van der Waals surface area contributed by atoms with Crippen molar-refractivity contribution in [3.63, 3.8) is 0 Å². The van der Waals surface area contributed by atoms with Crippen LogP contribution in [-0.2, 0) is 6.42 Å². The van der Waals surface area contributed by atoms with Crippen LogP contribution in [0.2, 0.25) is 5.02 Å². The van der Waals surface area contributed by atoms with Gasteiger partial charge in [0.1, 0.15) is 0 Å². The molecule has 0 amide bonds. The molecule has 0 saturated carbocycles. The summed E-state index contributed by atoms with van der Waals surface area (Å²) in [6, 6.07) is 18.6. The van der Waals surface area contributed by atoms with Crippen molar-refractivity contribution in [1.82, 2.24) is 4.90 Å². The summed E-state index contributed by atoms with van der Waals surface area (Å²) >= 11 is 6.35. The van der Waals surface area contributed by atoms with Crippen LogP contribution < -0.4 is 0 Å². The third kappa shape index (κ3) is 3.70. The van der Waals surface area contributed by atoms with Gasteiger partial charge in [0.2, 0.25) is 0 Å². The van der Waals surface area contributed by atoms with E-state index in [-0.39, 0.29) is 6.10 Å². The number of rotatable bonds is 5. The highest BCUT2D eigenvalue weighted by Crippen LogP contribution is 2.35. The molecule has 1 heterocycles. The van der Waals surface area contributed by atoms with E-state index < -0.39 is 0 Å². The molecule has 0 aromatic heterocycles. The zero-order chi connectivity index (χ0) is 15.4. The van der Waals surface area contributed by atoms with Crippen LogP contribution in [0.25, 0.3) is 0 Å². The summed E-state index contributed by atoms with van der Waals surface area (Å²) in [5, 5.41) is 11.3. The van der Waals surface area contributed by atoms with Gasteiger partial charge in [-0.25, -0.2) is 0 Å². The van der Waals surface area contributed by atoms with E-state index in [9.17, 15) is 5.11 Å². The first kappa shape index (κ1) is 15.5. The third-order valence-electron chi connectivity index (χ3n) is 4.39. The molecular weight excluding hydrogens is 294 g/mol. The lowest BCUT2D eigenvalue weighted by molar-refractivity contribution is 0.106. The summed E-state index contributed by atoms with van der Waals surface area (Å²) in [6.07, 6.45) is 2.63.